The van der Waals surface area contributed by atoms with E-state index in [0.717, 1.165) is 29.3 Å². The van der Waals surface area contributed by atoms with Crippen LogP contribution in [-0.2, 0) is 23.7 Å². The summed E-state index contributed by atoms with van der Waals surface area (Å²) in [5, 5.41) is 14.7. The van der Waals surface area contributed by atoms with Gasteiger partial charge < -0.3 is 29.7 Å². The third-order valence-electron chi connectivity index (χ3n) is 13.6. The van der Waals surface area contributed by atoms with E-state index in [1.165, 1.54) is 15.7 Å². The monoisotopic (exact) mass is 890 g/mol. The molecule has 0 bridgehead atoms. The molecule has 4 aliphatic heterocycles. The van der Waals surface area contributed by atoms with Crippen molar-refractivity contribution in [1.29, 1.82) is 0 Å². The van der Waals surface area contributed by atoms with Crippen molar-refractivity contribution >= 4 is 68.4 Å². The van der Waals surface area contributed by atoms with E-state index in [0.29, 0.717) is 61.2 Å². The molecule has 5 aromatic rings. The topological polar surface area (TPSA) is 152 Å². The zero-order valence-electron chi connectivity index (χ0n) is 34.8. The first-order valence-electron chi connectivity index (χ1n) is 21.5. The Balaban J connectivity index is 0.791. The average molecular weight is 891 g/mol. The Labute approximate surface area is 364 Å². The second-order valence-corrected chi connectivity index (χ2v) is 18.2. The van der Waals surface area contributed by atoms with Crippen LogP contribution in [0.25, 0.3) is 21.8 Å². The third-order valence-corrected chi connectivity index (χ3v) is 13.9. The number of benzene rings is 2. The fourth-order valence-corrected chi connectivity index (χ4v) is 10.1. The van der Waals surface area contributed by atoms with Crippen LogP contribution in [0.15, 0.2) is 47.4 Å². The van der Waals surface area contributed by atoms with E-state index in [1.54, 1.807) is 29.9 Å². The Kier molecular flexibility index (Phi) is 10.3. The highest BCUT2D eigenvalue weighted by molar-refractivity contribution is 6.33. The van der Waals surface area contributed by atoms with E-state index in [9.17, 15) is 14.4 Å². The minimum atomic E-state index is -3.19. The lowest BCUT2D eigenvalue weighted by Crippen LogP contribution is -2.53. The van der Waals surface area contributed by atoms with Crippen molar-refractivity contribution < 1.29 is 31.9 Å². The number of rotatable bonds is 8. The lowest BCUT2D eigenvalue weighted by Gasteiger charge is -2.41. The van der Waals surface area contributed by atoms with Gasteiger partial charge in [-0.3, -0.25) is 24.4 Å². The SMILES string of the molecule is Cn1nc(C2CCC(=O)NC2=O)c2ccc(C3CCN(C[C@H]4CCN(c5ncc(Cl)c(Nc6ccc7c(c6)c6c(c(=O)n7C)OCC(F)(F)[C@H](C7CC7)N6)n5)CC4(F)F)CC3)cc21. The highest BCUT2D eigenvalue weighted by Gasteiger charge is 2.51. The minimum absolute atomic E-state index is 0.0945. The molecule has 3 N–H and O–H groups in total. The molecule has 332 valence electrons. The van der Waals surface area contributed by atoms with Gasteiger partial charge in [0.15, 0.2) is 12.4 Å². The Morgan fingerprint density at radius 1 is 0.921 bits per heavy atom. The molecule has 1 aliphatic carbocycles. The predicted octanol–water partition coefficient (Wildman–Crippen LogP) is 6.69. The molecule has 7 heterocycles. The number of alkyl halides is 4. The molecule has 4 fully saturated rings. The van der Waals surface area contributed by atoms with E-state index >= 15 is 17.6 Å². The minimum Gasteiger partial charge on any atom is -0.480 e. The van der Waals surface area contributed by atoms with Crippen LogP contribution in [-0.4, -0.2) is 98.2 Å². The molecule has 3 atom stereocenters. The van der Waals surface area contributed by atoms with Gasteiger partial charge in [-0.1, -0.05) is 23.7 Å². The van der Waals surface area contributed by atoms with Crippen LogP contribution in [0.1, 0.15) is 68.0 Å². The van der Waals surface area contributed by atoms with Crippen molar-refractivity contribution in [2.45, 2.75) is 74.7 Å². The Hall–Kier alpha value is -5.49. The first-order chi connectivity index (χ1) is 30.1. The molecule has 5 aliphatic rings. The molecule has 1 saturated carbocycles. The van der Waals surface area contributed by atoms with Gasteiger partial charge in [0.25, 0.3) is 11.5 Å². The number of imide groups is 1. The van der Waals surface area contributed by atoms with Crippen LogP contribution in [0.5, 0.6) is 5.75 Å². The molecule has 10 rings (SSSR count). The number of anilines is 4. The normalized spacial score (nSPS) is 24.1. The third kappa shape index (κ3) is 7.72. The van der Waals surface area contributed by atoms with Crippen molar-refractivity contribution in [3.05, 3.63) is 69.2 Å². The van der Waals surface area contributed by atoms with Gasteiger partial charge in [-0.2, -0.15) is 10.1 Å². The maximum absolute atomic E-state index is 16.0. The second kappa shape index (κ2) is 15.6. The van der Waals surface area contributed by atoms with Gasteiger partial charge in [-0.15, -0.1) is 0 Å². The van der Waals surface area contributed by atoms with Crippen molar-refractivity contribution in [3.8, 4) is 5.75 Å². The molecule has 3 saturated heterocycles. The number of nitrogens with one attached hydrogen (secondary N) is 3. The summed E-state index contributed by atoms with van der Waals surface area (Å²) in [6, 6.07) is 10.1. The van der Waals surface area contributed by atoms with Crippen LogP contribution in [0.2, 0.25) is 5.02 Å². The predicted molar refractivity (Wildman–Crippen MR) is 230 cm³/mol. The number of aromatic nitrogens is 5. The van der Waals surface area contributed by atoms with Crippen molar-refractivity contribution in [2.75, 3.05) is 54.9 Å². The highest BCUT2D eigenvalue weighted by Crippen LogP contribution is 2.46. The molecule has 2 aromatic carbocycles. The molecule has 3 aromatic heterocycles. The van der Waals surface area contributed by atoms with Crippen LogP contribution in [0.4, 0.5) is 40.7 Å². The first kappa shape index (κ1) is 41.5. The van der Waals surface area contributed by atoms with Crippen molar-refractivity contribution in [3.63, 3.8) is 0 Å². The van der Waals surface area contributed by atoms with Crippen LogP contribution < -0.4 is 31.1 Å². The summed E-state index contributed by atoms with van der Waals surface area (Å²) in [4.78, 5) is 50.0. The van der Waals surface area contributed by atoms with Gasteiger partial charge in [-0.05, 0) is 93.3 Å². The Morgan fingerprint density at radius 3 is 2.46 bits per heavy atom. The van der Waals surface area contributed by atoms with E-state index in [2.05, 4.69) is 48.0 Å². The number of carbonyl (C=O) groups excluding carboxylic acids is 2. The number of hydrogen-bond acceptors (Lipinski definition) is 11. The lowest BCUT2D eigenvalue weighted by atomic mass is 9.86. The highest BCUT2D eigenvalue weighted by atomic mass is 35.5. The summed E-state index contributed by atoms with van der Waals surface area (Å²) >= 11 is 6.54. The number of fused-ring (bicyclic) bond motifs is 4. The fraction of sp³-hybridized carbons (Fsp3) is 0.500. The largest absolute Gasteiger partial charge is 0.480 e. The summed E-state index contributed by atoms with van der Waals surface area (Å²) in [7, 11) is 3.40. The first-order valence-corrected chi connectivity index (χ1v) is 21.9. The summed E-state index contributed by atoms with van der Waals surface area (Å²) in [5.74, 6) is -8.01. The van der Waals surface area contributed by atoms with Gasteiger partial charge in [0.05, 0.1) is 47.1 Å². The molecular formula is C44H47ClF4N10O4. The van der Waals surface area contributed by atoms with E-state index in [-0.39, 0.29) is 71.3 Å². The number of aryl methyl sites for hydroxylation is 2. The molecule has 19 heteroatoms. The molecule has 2 amide bonds. The number of pyridine rings is 1. The van der Waals surface area contributed by atoms with Crippen molar-refractivity contribution in [1.82, 2.24) is 34.5 Å². The number of piperidine rings is 3. The number of carbonyl (C=O) groups is 2. The van der Waals surface area contributed by atoms with Crippen LogP contribution >= 0.6 is 11.6 Å². The summed E-state index contributed by atoms with van der Waals surface area (Å²) < 4.78 is 70.9. The average Bonchev–Trinajstić information content (AvgIpc) is 4.06. The van der Waals surface area contributed by atoms with Gasteiger partial charge in [0.1, 0.15) is 5.02 Å². The molecule has 63 heavy (non-hydrogen) atoms. The van der Waals surface area contributed by atoms with E-state index < -0.39 is 48.4 Å². The molecular weight excluding hydrogens is 844 g/mol. The standard InChI is InChI=1S/C44H47ClF4N10O4/c1-56-32-9-6-27(18-30(32)36-37(41(56)62)63-22-44(48,49)38(53-36)24-3-4-24)51-39-31(45)19-50-42(54-39)59-16-13-26(43(46,47)21-59)20-58-14-11-23(12-15-58)25-5-7-28-33(17-25)57(2)55-35(28)29-8-10-34(60)52-40(29)61/h5-7,9,17-19,23-24,26,29,38,53H,3-4,8,10-16,20-22H2,1-2H3,(H,50,51,54)(H,52,60,61)/t26-,29?,38+/m1/s1. The Morgan fingerprint density at radius 2 is 1.71 bits per heavy atom. The maximum atomic E-state index is 16.0. The number of halogens is 5. The summed E-state index contributed by atoms with van der Waals surface area (Å²) in [6.45, 7) is 0.491. The number of ether oxygens (including phenoxy) is 1. The van der Waals surface area contributed by atoms with Crippen molar-refractivity contribution in [2.24, 2.45) is 25.9 Å². The number of hydrogen-bond donors (Lipinski definition) is 3. The van der Waals surface area contributed by atoms with E-state index in [4.69, 9.17) is 16.3 Å². The lowest BCUT2D eigenvalue weighted by molar-refractivity contribution is -0.134. The molecule has 0 spiro atoms. The number of nitrogens with zero attached hydrogens (tertiary/aromatic N) is 7. The molecule has 14 nitrogen and oxygen atoms in total. The quantitative estimate of drug-likeness (QED) is 0.113. The van der Waals surface area contributed by atoms with Gasteiger partial charge in [-0.25, -0.2) is 22.5 Å². The van der Waals surface area contributed by atoms with E-state index in [1.807, 2.05) is 13.1 Å². The molecule has 0 radical (unpaired) electrons. The van der Waals surface area contributed by atoms with Gasteiger partial charge in [0.2, 0.25) is 23.5 Å². The summed E-state index contributed by atoms with van der Waals surface area (Å²) in [5.41, 5.74) is 3.37. The van der Waals surface area contributed by atoms with Crippen LogP contribution in [0.3, 0.4) is 0 Å². The molecule has 1 unspecified atom stereocenters. The van der Waals surface area contributed by atoms with Gasteiger partial charge >= 0.3 is 5.92 Å². The van der Waals surface area contributed by atoms with Crippen LogP contribution in [0, 0.1) is 11.8 Å². The second-order valence-electron chi connectivity index (χ2n) is 17.8. The summed E-state index contributed by atoms with van der Waals surface area (Å²) in [6.07, 6.45) is 5.25. The maximum Gasteiger partial charge on any atom is 0.301 e. The number of likely N-dealkylation sites (tertiary alicyclic amines) is 1. The zero-order valence-corrected chi connectivity index (χ0v) is 35.5. The van der Waals surface area contributed by atoms with Gasteiger partial charge in [0, 0.05) is 56.0 Å². The fourth-order valence-electron chi connectivity index (χ4n) is 9.93. The number of amides is 2. The Bertz CT molecular complexity index is 2720. The smallest absolute Gasteiger partial charge is 0.301 e. The zero-order chi connectivity index (χ0) is 43.9.